The third-order valence-corrected chi connectivity index (χ3v) is 5.51. The number of benzene rings is 2. The molecule has 0 aliphatic heterocycles. The monoisotopic (exact) mass is 468 g/mol. The number of carbonyl (C=O) groups is 1. The van der Waals surface area contributed by atoms with Gasteiger partial charge in [0.15, 0.2) is 5.58 Å². The Labute approximate surface area is 203 Å². The predicted octanol–water partition coefficient (Wildman–Crippen LogP) is 4.34. The molecule has 0 aliphatic rings. The number of hydrogen-bond acceptors (Lipinski definition) is 6. The van der Waals surface area contributed by atoms with Crippen LogP contribution in [0.4, 0.5) is 6.01 Å². The van der Waals surface area contributed by atoms with Gasteiger partial charge in [-0.3, -0.25) is 4.79 Å². The molecule has 7 nitrogen and oxygen atoms in total. The third kappa shape index (κ3) is 7.30. The van der Waals surface area contributed by atoms with Crippen molar-refractivity contribution in [1.82, 2.24) is 9.88 Å². The van der Waals surface area contributed by atoms with E-state index in [1.807, 2.05) is 76.9 Å². The zero-order valence-electron chi connectivity index (χ0n) is 21.4. The molecule has 0 fully saturated rings. The van der Waals surface area contributed by atoms with Crippen LogP contribution in [0.1, 0.15) is 50.5 Å². The number of fused-ring (bicyclic) bond motifs is 1. The second kappa shape index (κ2) is 13.1. The standard InChI is InChI=1S/C25H34N4O3.C2H6/c1-5-28(4)25-27-21-12-11-19(14-23(21)32-25)24(31)29(15-17(2)3)16-22(30)20(26)13-18-9-7-6-8-10-18;1-2/h6-12,14,17,20,22,30H,5,13,15-16,26H2,1-4H3;1-2H3/t20-,22+;/m0./s1. The molecule has 0 spiro atoms. The van der Waals surface area contributed by atoms with Crippen LogP contribution in [0.15, 0.2) is 52.9 Å². The highest BCUT2D eigenvalue weighted by atomic mass is 16.4. The van der Waals surface area contributed by atoms with Crippen molar-refractivity contribution in [2.45, 2.75) is 53.2 Å². The lowest BCUT2D eigenvalue weighted by atomic mass is 10.0. The van der Waals surface area contributed by atoms with E-state index in [1.54, 1.807) is 23.1 Å². The number of hydrogen-bond donors (Lipinski definition) is 2. The summed E-state index contributed by atoms with van der Waals surface area (Å²) in [5, 5.41) is 10.8. The lowest BCUT2D eigenvalue weighted by Gasteiger charge is -2.29. The van der Waals surface area contributed by atoms with E-state index in [9.17, 15) is 9.90 Å². The summed E-state index contributed by atoms with van der Waals surface area (Å²) in [6, 6.07) is 15.2. The van der Waals surface area contributed by atoms with Crippen molar-refractivity contribution < 1.29 is 14.3 Å². The van der Waals surface area contributed by atoms with Crippen molar-refractivity contribution in [1.29, 1.82) is 0 Å². The molecule has 0 bridgehead atoms. The number of anilines is 1. The van der Waals surface area contributed by atoms with Gasteiger partial charge in [0.1, 0.15) is 5.52 Å². The average molecular weight is 469 g/mol. The molecule has 0 saturated carbocycles. The molecule has 3 rings (SSSR count). The number of aliphatic hydroxyl groups excluding tert-OH is 1. The number of carbonyl (C=O) groups excluding carboxylic acids is 1. The first-order valence-electron chi connectivity index (χ1n) is 12.2. The van der Waals surface area contributed by atoms with Crippen molar-refractivity contribution in [2.75, 3.05) is 31.6 Å². The Morgan fingerprint density at radius 2 is 1.79 bits per heavy atom. The highest BCUT2D eigenvalue weighted by molar-refractivity contribution is 5.97. The van der Waals surface area contributed by atoms with Gasteiger partial charge in [-0.1, -0.05) is 58.0 Å². The number of oxazole rings is 1. The van der Waals surface area contributed by atoms with Crippen LogP contribution in [-0.4, -0.2) is 59.7 Å². The van der Waals surface area contributed by atoms with Crippen LogP contribution in [0.25, 0.3) is 11.1 Å². The molecule has 1 aromatic heterocycles. The topological polar surface area (TPSA) is 95.8 Å². The molecule has 3 N–H and O–H groups in total. The Kier molecular flexibility index (Phi) is 10.5. The summed E-state index contributed by atoms with van der Waals surface area (Å²) >= 11 is 0. The molecular weight excluding hydrogens is 428 g/mol. The molecule has 2 aromatic carbocycles. The fourth-order valence-corrected chi connectivity index (χ4v) is 3.59. The molecule has 1 amide bonds. The second-order valence-electron chi connectivity index (χ2n) is 8.72. The van der Waals surface area contributed by atoms with Crippen molar-refractivity contribution >= 4 is 23.0 Å². The molecule has 34 heavy (non-hydrogen) atoms. The zero-order valence-corrected chi connectivity index (χ0v) is 21.4. The lowest BCUT2D eigenvalue weighted by molar-refractivity contribution is 0.0545. The lowest BCUT2D eigenvalue weighted by Crippen LogP contribution is -2.47. The van der Waals surface area contributed by atoms with Crippen molar-refractivity contribution in [3.63, 3.8) is 0 Å². The third-order valence-electron chi connectivity index (χ3n) is 5.51. The van der Waals surface area contributed by atoms with E-state index in [2.05, 4.69) is 4.98 Å². The Morgan fingerprint density at radius 3 is 2.41 bits per heavy atom. The number of aliphatic hydroxyl groups is 1. The molecule has 0 aliphatic carbocycles. The van der Waals surface area contributed by atoms with Crippen LogP contribution >= 0.6 is 0 Å². The number of nitrogens with two attached hydrogens (primary N) is 1. The summed E-state index contributed by atoms with van der Waals surface area (Å²) in [4.78, 5) is 21.4. The number of rotatable bonds is 10. The smallest absolute Gasteiger partial charge is 0.298 e. The van der Waals surface area contributed by atoms with Gasteiger partial charge in [0, 0.05) is 38.3 Å². The molecular formula is C27H40N4O3. The minimum absolute atomic E-state index is 0.159. The van der Waals surface area contributed by atoms with Crippen molar-refractivity contribution in [3.05, 3.63) is 59.7 Å². The summed E-state index contributed by atoms with van der Waals surface area (Å²) in [5.41, 5.74) is 9.11. The van der Waals surface area contributed by atoms with Gasteiger partial charge in [0.2, 0.25) is 0 Å². The minimum Gasteiger partial charge on any atom is -0.423 e. The van der Waals surface area contributed by atoms with Gasteiger partial charge >= 0.3 is 0 Å². The molecule has 3 aromatic rings. The molecule has 2 atom stereocenters. The van der Waals surface area contributed by atoms with E-state index in [0.29, 0.717) is 35.6 Å². The van der Waals surface area contributed by atoms with Gasteiger partial charge in [0.05, 0.1) is 6.10 Å². The van der Waals surface area contributed by atoms with Crippen LogP contribution in [0.5, 0.6) is 0 Å². The minimum atomic E-state index is -0.836. The van der Waals surface area contributed by atoms with Gasteiger partial charge in [-0.05, 0) is 43.0 Å². The van der Waals surface area contributed by atoms with Gasteiger partial charge in [0.25, 0.3) is 11.9 Å². The largest absolute Gasteiger partial charge is 0.423 e. The van der Waals surface area contributed by atoms with Crippen molar-refractivity contribution in [3.8, 4) is 0 Å². The number of amides is 1. The van der Waals surface area contributed by atoms with Gasteiger partial charge < -0.3 is 25.1 Å². The summed E-state index contributed by atoms with van der Waals surface area (Å²) in [5.74, 6) is 0.0867. The van der Waals surface area contributed by atoms with E-state index >= 15 is 0 Å². The zero-order chi connectivity index (χ0) is 25.3. The highest BCUT2D eigenvalue weighted by Crippen LogP contribution is 2.23. The normalized spacial score (nSPS) is 12.7. The van der Waals surface area contributed by atoms with Gasteiger partial charge in [-0.25, -0.2) is 0 Å². The van der Waals surface area contributed by atoms with Crippen LogP contribution < -0.4 is 10.6 Å². The Bertz CT molecular complexity index is 1020. The molecule has 0 unspecified atom stereocenters. The average Bonchev–Trinajstić information content (AvgIpc) is 3.27. The van der Waals surface area contributed by atoms with Gasteiger partial charge in [-0.15, -0.1) is 0 Å². The summed E-state index contributed by atoms with van der Waals surface area (Å²) in [6.07, 6.45) is -0.291. The van der Waals surface area contributed by atoms with Gasteiger partial charge in [-0.2, -0.15) is 4.98 Å². The summed E-state index contributed by atoms with van der Waals surface area (Å²) < 4.78 is 5.83. The first kappa shape index (κ1) is 27.3. The maximum Gasteiger partial charge on any atom is 0.298 e. The quantitative estimate of drug-likeness (QED) is 0.460. The fraction of sp³-hybridized carbons (Fsp3) is 0.481. The maximum atomic E-state index is 13.3. The Morgan fingerprint density at radius 1 is 1.12 bits per heavy atom. The van der Waals surface area contributed by atoms with E-state index in [1.165, 1.54) is 0 Å². The van der Waals surface area contributed by atoms with Crippen LogP contribution in [-0.2, 0) is 6.42 Å². The molecule has 1 heterocycles. The fourth-order valence-electron chi connectivity index (χ4n) is 3.59. The van der Waals surface area contributed by atoms with Crippen LogP contribution in [0.3, 0.4) is 0 Å². The van der Waals surface area contributed by atoms with E-state index < -0.39 is 12.1 Å². The molecule has 186 valence electrons. The highest BCUT2D eigenvalue weighted by Gasteiger charge is 2.24. The molecule has 0 radical (unpaired) electrons. The SMILES string of the molecule is CC.CCN(C)c1nc2ccc(C(=O)N(CC(C)C)C[C@@H](O)[C@@H](N)Cc3ccccc3)cc2o1. The Balaban J connectivity index is 0.00000199. The first-order valence-corrected chi connectivity index (χ1v) is 12.2. The van der Waals surface area contributed by atoms with E-state index in [0.717, 1.165) is 12.1 Å². The second-order valence-corrected chi connectivity index (χ2v) is 8.72. The summed E-state index contributed by atoms with van der Waals surface area (Å²) in [7, 11) is 1.90. The molecule has 0 saturated heterocycles. The Hall–Kier alpha value is -2.90. The summed E-state index contributed by atoms with van der Waals surface area (Å²) in [6.45, 7) is 11.6. The first-order chi connectivity index (χ1) is 16.3. The van der Waals surface area contributed by atoms with Crippen LogP contribution in [0, 0.1) is 5.92 Å². The van der Waals surface area contributed by atoms with Crippen LogP contribution in [0.2, 0.25) is 0 Å². The van der Waals surface area contributed by atoms with E-state index in [4.69, 9.17) is 10.2 Å². The number of nitrogens with zero attached hydrogens (tertiary/aromatic N) is 3. The van der Waals surface area contributed by atoms with E-state index in [-0.39, 0.29) is 18.4 Å². The number of aromatic nitrogens is 1. The molecule has 7 heteroatoms. The van der Waals surface area contributed by atoms with Crippen molar-refractivity contribution in [2.24, 2.45) is 11.7 Å². The predicted molar refractivity (Wildman–Crippen MR) is 139 cm³/mol. The maximum absolute atomic E-state index is 13.3.